The predicted octanol–water partition coefficient (Wildman–Crippen LogP) is 0.519. The van der Waals surface area contributed by atoms with Gasteiger partial charge in [-0.25, -0.2) is 0 Å². The van der Waals surface area contributed by atoms with E-state index in [1.807, 2.05) is 0 Å². The number of carbonyl (C=O) groups excluding carboxylic acids is 1. The van der Waals surface area contributed by atoms with E-state index in [1.54, 1.807) is 13.8 Å². The van der Waals surface area contributed by atoms with Crippen LogP contribution in [0.3, 0.4) is 0 Å². The van der Waals surface area contributed by atoms with Crippen molar-refractivity contribution >= 4 is 5.94 Å². The predicted molar refractivity (Wildman–Crippen MR) is 27.0 cm³/mol. The van der Waals surface area contributed by atoms with Gasteiger partial charge in [0.2, 0.25) is 0 Å². The minimum Gasteiger partial charge on any atom is -0.469 e. The third-order valence-electron chi connectivity index (χ3n) is 0.727. The van der Waals surface area contributed by atoms with Crippen molar-refractivity contribution in [1.29, 1.82) is 0 Å². The van der Waals surface area contributed by atoms with Crippen LogP contribution < -0.4 is 0 Å². The summed E-state index contributed by atoms with van der Waals surface area (Å²) in [5.74, 6) is 1.15. The van der Waals surface area contributed by atoms with Crippen LogP contribution in [0.15, 0.2) is 5.95 Å². The Morgan fingerprint density at radius 2 is 2.38 bits per heavy atom. The number of aliphatic hydroxyl groups is 1. The van der Waals surface area contributed by atoms with Crippen LogP contribution in [0, 0.1) is 0 Å². The Morgan fingerprint density at radius 3 is 2.50 bits per heavy atom. The highest BCUT2D eigenvalue weighted by molar-refractivity contribution is 5.48. The second-order valence-corrected chi connectivity index (χ2v) is 2.01. The highest BCUT2D eigenvalue weighted by atomic mass is 16.7. The molecule has 1 rings (SSSR count). The van der Waals surface area contributed by atoms with Crippen LogP contribution in [0.25, 0.3) is 0 Å². The fourth-order valence-electron chi connectivity index (χ4n) is 0.441. The van der Waals surface area contributed by atoms with E-state index in [9.17, 15) is 0 Å². The monoisotopic (exact) mass is 115 g/mol. The minimum atomic E-state index is -0.732. The van der Waals surface area contributed by atoms with Gasteiger partial charge in [0.15, 0.2) is 0 Å². The minimum absolute atomic E-state index is 0.282. The van der Waals surface area contributed by atoms with Gasteiger partial charge in [-0.05, 0) is 0 Å². The molecule has 0 spiro atoms. The number of aliphatic hydroxyl groups excluding tert-OH is 1. The summed E-state index contributed by atoms with van der Waals surface area (Å²) in [6, 6.07) is 0. The summed E-state index contributed by atoms with van der Waals surface area (Å²) < 4.78 is 9.38. The van der Waals surface area contributed by atoms with E-state index in [0.717, 1.165) is 0 Å². The van der Waals surface area contributed by atoms with E-state index < -0.39 is 5.79 Å². The lowest BCUT2D eigenvalue weighted by molar-refractivity contribution is -0.219. The molecule has 0 unspecified atom stereocenters. The molecule has 1 N–H and O–H groups in total. The van der Waals surface area contributed by atoms with Crippen LogP contribution in [0.1, 0.15) is 13.8 Å². The number of ether oxygens (including phenoxy) is 1. The Bertz CT molecular complexity index is 163. The van der Waals surface area contributed by atoms with Crippen molar-refractivity contribution in [2.24, 2.45) is 0 Å². The van der Waals surface area contributed by atoms with E-state index in [1.165, 1.54) is 0 Å². The molecule has 0 aromatic heterocycles. The molecular weight excluding hydrogens is 108 g/mol. The van der Waals surface area contributed by atoms with E-state index in [-0.39, 0.29) is 5.95 Å². The molecule has 3 nitrogen and oxygen atoms in total. The first-order chi connectivity index (χ1) is 3.60. The Kier molecular flexibility index (Phi) is 0.820. The third kappa shape index (κ3) is 0.820. The van der Waals surface area contributed by atoms with Gasteiger partial charge in [-0.2, -0.15) is 4.42 Å². The second kappa shape index (κ2) is 1.26. The topological polar surface area (TPSA) is 40.8 Å². The van der Waals surface area contributed by atoms with Crippen molar-refractivity contribution in [1.82, 2.24) is 0 Å². The number of hydrogen-bond acceptors (Lipinski definition) is 2. The molecule has 0 atom stereocenters. The molecule has 0 aromatic rings. The van der Waals surface area contributed by atoms with Gasteiger partial charge in [-0.1, -0.05) is 0 Å². The van der Waals surface area contributed by atoms with Gasteiger partial charge in [0.05, 0.1) is 13.8 Å². The summed E-state index contributed by atoms with van der Waals surface area (Å²) in [6.07, 6.45) is 0. The Balaban J connectivity index is 2.73. The molecule has 0 saturated carbocycles. The molecular formula is C5H7O3+. The van der Waals surface area contributed by atoms with Crippen molar-refractivity contribution < 1.29 is 14.3 Å². The average molecular weight is 115 g/mol. The molecule has 3 heteroatoms. The molecule has 0 radical (unpaired) electrons. The van der Waals surface area contributed by atoms with Crippen LogP contribution in [0.2, 0.25) is 0 Å². The van der Waals surface area contributed by atoms with E-state index in [0.29, 0.717) is 0 Å². The van der Waals surface area contributed by atoms with Gasteiger partial charge in [-0.15, -0.1) is 0 Å². The van der Waals surface area contributed by atoms with Crippen LogP contribution in [0.5, 0.6) is 0 Å². The SMILES string of the molecule is CC1(C)OC(O)=C=[O+]1. The standard InChI is InChI=1S/C5H6O3/c1-5(2)7-3-4(6)8-5/h1-2H3/p+1. The largest absolute Gasteiger partial charge is 0.469 e. The maximum Gasteiger partial charge on any atom is 0.440 e. The molecule has 1 aliphatic rings. The van der Waals surface area contributed by atoms with Gasteiger partial charge < -0.3 is 9.84 Å². The van der Waals surface area contributed by atoms with E-state index >= 15 is 0 Å². The van der Waals surface area contributed by atoms with E-state index in [4.69, 9.17) is 9.53 Å². The first-order valence-electron chi connectivity index (χ1n) is 2.29. The molecule has 8 heavy (non-hydrogen) atoms. The maximum absolute atomic E-state index is 8.52. The zero-order valence-electron chi connectivity index (χ0n) is 4.76. The van der Waals surface area contributed by atoms with Gasteiger partial charge in [-0.3, -0.25) is 0 Å². The van der Waals surface area contributed by atoms with Crippen molar-refractivity contribution in [3.8, 4) is 0 Å². The Morgan fingerprint density at radius 1 is 1.75 bits per heavy atom. The fraction of sp³-hybridized carbons (Fsp3) is 0.600. The first kappa shape index (κ1) is 5.19. The maximum atomic E-state index is 8.52. The van der Waals surface area contributed by atoms with Gasteiger partial charge in [0.25, 0.3) is 0 Å². The summed E-state index contributed by atoms with van der Waals surface area (Å²) in [4.78, 5) is 0. The Hall–Kier alpha value is -0.950. The van der Waals surface area contributed by atoms with E-state index in [2.05, 4.69) is 10.7 Å². The zero-order chi connectivity index (χ0) is 6.20. The van der Waals surface area contributed by atoms with Crippen LogP contribution in [-0.2, 0) is 9.16 Å². The highest BCUT2D eigenvalue weighted by Crippen LogP contribution is 2.12. The van der Waals surface area contributed by atoms with Crippen LogP contribution in [0.4, 0.5) is 0 Å². The van der Waals surface area contributed by atoms with Crippen molar-refractivity contribution in [2.75, 3.05) is 0 Å². The normalized spacial score (nSPS) is 22.5. The molecule has 0 fully saturated rings. The van der Waals surface area contributed by atoms with Crippen molar-refractivity contribution in [2.45, 2.75) is 19.6 Å². The molecule has 0 aromatic carbocycles. The Labute approximate surface area is 46.9 Å². The van der Waals surface area contributed by atoms with Gasteiger partial charge >= 0.3 is 17.7 Å². The van der Waals surface area contributed by atoms with Crippen molar-refractivity contribution in [3.05, 3.63) is 5.95 Å². The molecule has 0 saturated heterocycles. The highest BCUT2D eigenvalue weighted by Gasteiger charge is 2.37. The summed E-state index contributed by atoms with van der Waals surface area (Å²) in [5.41, 5.74) is 0. The molecule has 44 valence electrons. The average Bonchev–Trinajstić information content (AvgIpc) is 1.82. The lowest BCUT2D eigenvalue weighted by Crippen LogP contribution is -2.19. The summed E-state index contributed by atoms with van der Waals surface area (Å²) in [6.45, 7) is 3.37. The third-order valence-corrected chi connectivity index (χ3v) is 0.727. The number of rotatable bonds is 0. The summed E-state index contributed by atoms with van der Waals surface area (Å²) in [5, 5.41) is 8.52. The zero-order valence-corrected chi connectivity index (χ0v) is 4.76. The second-order valence-electron chi connectivity index (χ2n) is 2.01. The quantitative estimate of drug-likeness (QED) is 0.369. The van der Waals surface area contributed by atoms with Crippen LogP contribution in [-0.4, -0.2) is 16.8 Å². The summed E-state index contributed by atoms with van der Waals surface area (Å²) >= 11 is 0. The first-order valence-corrected chi connectivity index (χ1v) is 2.29. The number of hydrogen-bond donors (Lipinski definition) is 1. The molecule has 0 aliphatic carbocycles. The van der Waals surface area contributed by atoms with Gasteiger partial charge in [0.1, 0.15) is 0 Å². The van der Waals surface area contributed by atoms with Crippen molar-refractivity contribution in [3.63, 3.8) is 0 Å². The molecule has 1 heterocycles. The fourth-order valence-corrected chi connectivity index (χ4v) is 0.441. The van der Waals surface area contributed by atoms with Gasteiger partial charge in [0, 0.05) is 0 Å². The molecule has 0 bridgehead atoms. The summed E-state index contributed by atoms with van der Waals surface area (Å²) in [7, 11) is 0. The molecule has 0 amide bonds. The molecule has 1 aliphatic heterocycles. The lowest BCUT2D eigenvalue weighted by Gasteiger charge is -2.00. The lowest BCUT2D eigenvalue weighted by atomic mass is 10.4. The van der Waals surface area contributed by atoms with Crippen LogP contribution >= 0.6 is 0 Å². The smallest absolute Gasteiger partial charge is 0.440 e.